The van der Waals surface area contributed by atoms with Crippen LogP contribution in [-0.2, 0) is 4.79 Å². The molecule has 0 aromatic heterocycles. The fourth-order valence-electron chi connectivity index (χ4n) is 2.11. The minimum atomic E-state index is -0.265. The molecule has 2 aromatic carbocycles. The van der Waals surface area contributed by atoms with Crippen molar-refractivity contribution < 1.29 is 14.6 Å². The SMILES string of the molecule is COc1cc(Br)cc(C=C2SC(=Nc3ccc(Br)cc3)NC2=O)c1O. The van der Waals surface area contributed by atoms with Crippen molar-refractivity contribution in [3.05, 3.63) is 55.8 Å². The molecule has 5 nitrogen and oxygen atoms in total. The Balaban J connectivity index is 1.89. The Morgan fingerprint density at radius 3 is 2.60 bits per heavy atom. The monoisotopic (exact) mass is 482 g/mol. The van der Waals surface area contributed by atoms with Crippen LogP contribution in [0.1, 0.15) is 5.56 Å². The largest absolute Gasteiger partial charge is 0.504 e. The summed E-state index contributed by atoms with van der Waals surface area (Å²) in [4.78, 5) is 17.0. The molecule has 0 saturated carbocycles. The van der Waals surface area contributed by atoms with Crippen LogP contribution >= 0.6 is 43.6 Å². The van der Waals surface area contributed by atoms with Gasteiger partial charge in [0.05, 0.1) is 17.7 Å². The number of phenols is 1. The summed E-state index contributed by atoms with van der Waals surface area (Å²) in [6, 6.07) is 10.8. The molecule has 25 heavy (non-hydrogen) atoms. The zero-order valence-corrected chi connectivity index (χ0v) is 16.9. The van der Waals surface area contributed by atoms with Gasteiger partial charge in [-0.15, -0.1) is 0 Å². The van der Waals surface area contributed by atoms with Gasteiger partial charge in [-0.2, -0.15) is 0 Å². The first kappa shape index (κ1) is 18.0. The molecule has 0 spiro atoms. The molecule has 2 N–H and O–H groups in total. The summed E-state index contributed by atoms with van der Waals surface area (Å²) in [5.74, 6) is 0.0393. The topological polar surface area (TPSA) is 70.9 Å². The Hall–Kier alpha value is -1.77. The van der Waals surface area contributed by atoms with Crippen LogP contribution in [0.5, 0.6) is 11.5 Å². The zero-order valence-electron chi connectivity index (χ0n) is 12.9. The minimum Gasteiger partial charge on any atom is -0.504 e. The Morgan fingerprint density at radius 2 is 1.92 bits per heavy atom. The second-order valence-corrected chi connectivity index (χ2v) is 7.87. The fourth-order valence-corrected chi connectivity index (χ4v) is 3.67. The minimum absolute atomic E-state index is 0.0232. The summed E-state index contributed by atoms with van der Waals surface area (Å²) in [7, 11) is 1.47. The lowest BCUT2D eigenvalue weighted by Crippen LogP contribution is -2.19. The number of hydrogen-bond donors (Lipinski definition) is 2. The molecule has 0 radical (unpaired) electrons. The van der Waals surface area contributed by atoms with Crippen LogP contribution in [-0.4, -0.2) is 23.3 Å². The van der Waals surface area contributed by atoms with E-state index in [0.29, 0.717) is 21.4 Å². The molecule has 3 rings (SSSR count). The van der Waals surface area contributed by atoms with Crippen molar-refractivity contribution in [2.45, 2.75) is 0 Å². The van der Waals surface area contributed by atoms with E-state index in [-0.39, 0.29) is 11.7 Å². The molecule has 8 heteroatoms. The first-order valence-corrected chi connectivity index (χ1v) is 9.48. The highest BCUT2D eigenvalue weighted by molar-refractivity contribution is 9.10. The lowest BCUT2D eigenvalue weighted by molar-refractivity contribution is -0.115. The molecular formula is C17H12Br2N2O3S. The number of carbonyl (C=O) groups excluding carboxylic acids is 1. The average Bonchev–Trinajstić information content (AvgIpc) is 2.92. The van der Waals surface area contributed by atoms with Crippen molar-refractivity contribution in [3.63, 3.8) is 0 Å². The molecule has 0 unspecified atom stereocenters. The number of hydrogen-bond acceptors (Lipinski definition) is 5. The van der Waals surface area contributed by atoms with E-state index in [2.05, 4.69) is 42.2 Å². The molecule has 0 atom stereocenters. The van der Waals surface area contributed by atoms with Gasteiger partial charge in [0.15, 0.2) is 16.7 Å². The molecule has 1 aliphatic heterocycles. The summed E-state index contributed by atoms with van der Waals surface area (Å²) in [6.07, 6.45) is 1.60. The number of amides is 1. The Morgan fingerprint density at radius 1 is 1.20 bits per heavy atom. The number of carbonyl (C=O) groups is 1. The molecule has 0 bridgehead atoms. The second-order valence-electron chi connectivity index (χ2n) is 5.00. The number of halogens is 2. The lowest BCUT2D eigenvalue weighted by Gasteiger charge is -2.07. The molecule has 1 heterocycles. The van der Waals surface area contributed by atoms with Gasteiger partial charge in [0.1, 0.15) is 0 Å². The van der Waals surface area contributed by atoms with Crippen LogP contribution in [0.25, 0.3) is 6.08 Å². The van der Waals surface area contributed by atoms with E-state index < -0.39 is 0 Å². The predicted octanol–water partition coefficient (Wildman–Crippen LogP) is 4.82. The van der Waals surface area contributed by atoms with Crippen molar-refractivity contribution in [2.75, 3.05) is 7.11 Å². The van der Waals surface area contributed by atoms with Gasteiger partial charge in [-0.1, -0.05) is 31.9 Å². The number of thioether (sulfide) groups is 1. The van der Waals surface area contributed by atoms with E-state index >= 15 is 0 Å². The van der Waals surface area contributed by atoms with Crippen LogP contribution in [0.3, 0.4) is 0 Å². The number of methoxy groups -OCH3 is 1. The zero-order chi connectivity index (χ0) is 18.0. The summed E-state index contributed by atoms with van der Waals surface area (Å²) >= 11 is 7.94. The Labute approximate surface area is 165 Å². The van der Waals surface area contributed by atoms with Gasteiger partial charge in [-0.05, 0) is 54.2 Å². The standard InChI is InChI=1S/C17H12Br2N2O3S/c1-24-13-8-11(19)6-9(15(13)22)7-14-16(23)21-17(25-14)20-12-4-2-10(18)3-5-12/h2-8,22H,1H3,(H,20,21,23). The Bertz CT molecular complexity index is 896. The number of nitrogens with zero attached hydrogens (tertiary/aromatic N) is 1. The smallest absolute Gasteiger partial charge is 0.264 e. The maximum Gasteiger partial charge on any atom is 0.264 e. The number of amidine groups is 1. The van der Waals surface area contributed by atoms with Gasteiger partial charge < -0.3 is 15.2 Å². The highest BCUT2D eigenvalue weighted by Crippen LogP contribution is 2.37. The van der Waals surface area contributed by atoms with E-state index in [1.807, 2.05) is 24.3 Å². The number of rotatable bonds is 3. The number of ether oxygens (including phenoxy) is 1. The molecule has 1 fully saturated rings. The van der Waals surface area contributed by atoms with Crippen molar-refractivity contribution in [1.29, 1.82) is 0 Å². The molecule has 0 aliphatic carbocycles. The maximum atomic E-state index is 12.2. The molecule has 1 aliphatic rings. The first-order valence-electron chi connectivity index (χ1n) is 7.08. The molecule has 128 valence electrons. The van der Waals surface area contributed by atoms with E-state index in [0.717, 1.165) is 14.6 Å². The molecule has 1 amide bonds. The fraction of sp³-hybridized carbons (Fsp3) is 0.0588. The molecular weight excluding hydrogens is 472 g/mol. The second kappa shape index (κ2) is 7.63. The third-order valence-corrected chi connectivity index (χ3v) is 5.18. The van der Waals surface area contributed by atoms with Crippen molar-refractivity contribution in [1.82, 2.24) is 5.32 Å². The quantitative estimate of drug-likeness (QED) is 0.614. The average molecular weight is 484 g/mol. The highest BCUT2D eigenvalue weighted by atomic mass is 79.9. The van der Waals surface area contributed by atoms with Crippen molar-refractivity contribution >= 4 is 66.5 Å². The van der Waals surface area contributed by atoms with Crippen molar-refractivity contribution in [2.24, 2.45) is 4.99 Å². The summed E-state index contributed by atoms with van der Waals surface area (Å²) < 4.78 is 6.82. The number of nitrogens with one attached hydrogen (secondary N) is 1. The van der Waals surface area contributed by atoms with E-state index in [4.69, 9.17) is 4.74 Å². The Kier molecular flexibility index (Phi) is 5.51. The van der Waals surface area contributed by atoms with Gasteiger partial charge in [0.25, 0.3) is 5.91 Å². The van der Waals surface area contributed by atoms with Crippen LogP contribution in [0.15, 0.2) is 55.2 Å². The third-order valence-electron chi connectivity index (χ3n) is 3.28. The van der Waals surface area contributed by atoms with Gasteiger partial charge in [0, 0.05) is 14.5 Å². The molecule has 2 aromatic rings. The highest BCUT2D eigenvalue weighted by Gasteiger charge is 2.24. The van der Waals surface area contributed by atoms with Crippen LogP contribution in [0, 0.1) is 0 Å². The van der Waals surface area contributed by atoms with E-state index in [1.54, 1.807) is 18.2 Å². The normalized spacial score (nSPS) is 17.2. The van der Waals surface area contributed by atoms with Crippen LogP contribution < -0.4 is 10.1 Å². The number of aromatic hydroxyl groups is 1. The van der Waals surface area contributed by atoms with Gasteiger partial charge in [-0.3, -0.25) is 4.79 Å². The van der Waals surface area contributed by atoms with E-state index in [9.17, 15) is 9.90 Å². The summed E-state index contributed by atoms with van der Waals surface area (Å²) in [5, 5.41) is 13.4. The number of benzene rings is 2. The first-order chi connectivity index (χ1) is 12.0. The van der Waals surface area contributed by atoms with Crippen LogP contribution in [0.2, 0.25) is 0 Å². The van der Waals surface area contributed by atoms with Crippen LogP contribution in [0.4, 0.5) is 5.69 Å². The molecule has 1 saturated heterocycles. The van der Waals surface area contributed by atoms with Crippen molar-refractivity contribution in [3.8, 4) is 11.5 Å². The van der Waals surface area contributed by atoms with Gasteiger partial charge in [-0.25, -0.2) is 4.99 Å². The predicted molar refractivity (Wildman–Crippen MR) is 107 cm³/mol. The third kappa shape index (κ3) is 4.26. The van der Waals surface area contributed by atoms with Gasteiger partial charge >= 0.3 is 0 Å². The summed E-state index contributed by atoms with van der Waals surface area (Å²) in [6.45, 7) is 0. The number of aliphatic imine (C=N–C) groups is 1. The van der Waals surface area contributed by atoms with E-state index in [1.165, 1.54) is 18.9 Å². The summed E-state index contributed by atoms with van der Waals surface area (Å²) in [5.41, 5.74) is 1.22. The maximum absolute atomic E-state index is 12.2. The number of phenolic OH excluding ortho intramolecular Hbond substituents is 1. The lowest BCUT2D eigenvalue weighted by atomic mass is 10.1. The van der Waals surface area contributed by atoms with Gasteiger partial charge in [0.2, 0.25) is 0 Å².